The smallest absolute Gasteiger partial charge is 0.167 e. The summed E-state index contributed by atoms with van der Waals surface area (Å²) in [6.07, 6.45) is 0. The van der Waals surface area contributed by atoms with E-state index in [-0.39, 0.29) is 5.78 Å². The number of nitrogens with zero attached hydrogens (tertiary/aromatic N) is 1. The Kier molecular flexibility index (Phi) is 2.31. The Hall–Kier alpha value is -1.64. The van der Waals surface area contributed by atoms with Crippen molar-refractivity contribution in [3.8, 4) is 0 Å². The third kappa shape index (κ3) is 1.65. The number of benzene rings is 1. The van der Waals surface area contributed by atoms with Gasteiger partial charge in [-0.3, -0.25) is 4.79 Å². The fraction of sp³-hybridized carbons (Fsp3) is 0.333. The summed E-state index contributed by atoms with van der Waals surface area (Å²) in [5, 5.41) is 4.95. The third-order valence-electron chi connectivity index (χ3n) is 2.45. The molecule has 0 aliphatic rings. The average Bonchev–Trinajstić information content (AvgIpc) is 2.59. The number of hydrogen-bond donors (Lipinski definition) is 0. The number of Topliss-reactive ketones (excluding diaryl/α,β-unsaturated/α-hetero) is 1. The van der Waals surface area contributed by atoms with Crippen molar-refractivity contribution < 1.29 is 9.32 Å². The maximum atomic E-state index is 11.2. The van der Waals surface area contributed by atoms with Crippen LogP contribution >= 0.6 is 0 Å². The minimum atomic E-state index is 0.0628. The summed E-state index contributed by atoms with van der Waals surface area (Å²) < 4.78 is 5.18. The number of carbonyl (C=O) groups is 1. The van der Waals surface area contributed by atoms with Crippen LogP contribution in [-0.4, -0.2) is 10.9 Å². The molecule has 0 N–H and O–H groups in total. The number of carbonyl (C=O) groups excluding carboxylic acids is 1. The minimum absolute atomic E-state index is 0.0628. The van der Waals surface area contributed by atoms with Crippen molar-refractivity contribution >= 4 is 16.8 Å². The van der Waals surface area contributed by atoms with Gasteiger partial charge in [0.05, 0.1) is 5.69 Å². The molecular formula is C12H13NO2. The van der Waals surface area contributed by atoms with E-state index in [1.165, 1.54) is 0 Å². The Bertz CT molecular complexity index is 511. The summed E-state index contributed by atoms with van der Waals surface area (Å²) in [6.45, 7) is 5.67. The molecule has 0 saturated heterocycles. The maximum Gasteiger partial charge on any atom is 0.167 e. The van der Waals surface area contributed by atoms with Crippen LogP contribution in [0.15, 0.2) is 22.7 Å². The first-order chi connectivity index (χ1) is 7.09. The summed E-state index contributed by atoms with van der Waals surface area (Å²) in [6, 6.07) is 5.41. The van der Waals surface area contributed by atoms with E-state index in [0.717, 1.165) is 16.7 Å². The number of ketones is 1. The molecule has 2 aromatic rings. The quantitative estimate of drug-likeness (QED) is 0.704. The van der Waals surface area contributed by atoms with Crippen LogP contribution in [0.2, 0.25) is 0 Å². The van der Waals surface area contributed by atoms with Crippen LogP contribution in [0.25, 0.3) is 11.0 Å². The summed E-state index contributed by atoms with van der Waals surface area (Å²) >= 11 is 0. The molecule has 0 unspecified atom stereocenters. The Morgan fingerprint density at radius 3 is 2.73 bits per heavy atom. The molecule has 1 heterocycles. The largest absolute Gasteiger partial charge is 0.356 e. The summed E-state index contributed by atoms with van der Waals surface area (Å²) in [4.78, 5) is 11.2. The van der Waals surface area contributed by atoms with Crippen LogP contribution in [0.5, 0.6) is 0 Å². The number of aromatic nitrogens is 1. The second-order valence-corrected chi connectivity index (χ2v) is 3.99. The molecule has 0 amide bonds. The highest BCUT2D eigenvalue weighted by Crippen LogP contribution is 2.25. The Morgan fingerprint density at radius 1 is 1.40 bits per heavy atom. The predicted molar refractivity (Wildman–Crippen MR) is 58.1 cm³/mol. The second-order valence-electron chi connectivity index (χ2n) is 3.99. The fourth-order valence-corrected chi connectivity index (χ4v) is 1.59. The Morgan fingerprint density at radius 2 is 2.13 bits per heavy atom. The van der Waals surface area contributed by atoms with E-state index in [4.69, 9.17) is 4.52 Å². The first-order valence-corrected chi connectivity index (χ1v) is 5.00. The van der Waals surface area contributed by atoms with Gasteiger partial charge in [-0.2, -0.15) is 0 Å². The monoisotopic (exact) mass is 203 g/mol. The van der Waals surface area contributed by atoms with Gasteiger partial charge in [-0.05, 0) is 31.0 Å². The predicted octanol–water partition coefficient (Wildman–Crippen LogP) is 3.15. The summed E-state index contributed by atoms with van der Waals surface area (Å²) in [5.41, 5.74) is 2.35. The fourth-order valence-electron chi connectivity index (χ4n) is 1.59. The highest BCUT2D eigenvalue weighted by Gasteiger charge is 2.12. The number of fused-ring (bicyclic) bond motifs is 1. The molecule has 2 rings (SSSR count). The molecule has 0 saturated carbocycles. The maximum absolute atomic E-state index is 11.2. The molecule has 1 aromatic carbocycles. The van der Waals surface area contributed by atoms with Crippen molar-refractivity contribution in [3.05, 3.63) is 29.5 Å². The van der Waals surface area contributed by atoms with Gasteiger partial charge in [-0.15, -0.1) is 0 Å². The van der Waals surface area contributed by atoms with Crippen molar-refractivity contribution in [1.82, 2.24) is 5.16 Å². The van der Waals surface area contributed by atoms with Gasteiger partial charge in [-0.1, -0.05) is 19.0 Å². The summed E-state index contributed by atoms with van der Waals surface area (Å²) in [5.74, 6) is 0.362. The zero-order chi connectivity index (χ0) is 11.0. The van der Waals surface area contributed by atoms with Gasteiger partial charge in [0.1, 0.15) is 0 Å². The van der Waals surface area contributed by atoms with Crippen LogP contribution in [0, 0.1) is 0 Å². The van der Waals surface area contributed by atoms with E-state index in [9.17, 15) is 4.79 Å². The van der Waals surface area contributed by atoms with E-state index in [2.05, 4.69) is 19.0 Å². The van der Waals surface area contributed by atoms with Crippen LogP contribution in [0.4, 0.5) is 0 Å². The molecule has 0 atom stereocenters. The molecule has 3 nitrogen and oxygen atoms in total. The Balaban J connectivity index is 2.66. The highest BCUT2D eigenvalue weighted by molar-refractivity contribution is 5.98. The van der Waals surface area contributed by atoms with Gasteiger partial charge >= 0.3 is 0 Å². The van der Waals surface area contributed by atoms with E-state index in [0.29, 0.717) is 11.5 Å². The first kappa shape index (κ1) is 9.90. The van der Waals surface area contributed by atoms with E-state index < -0.39 is 0 Å². The zero-order valence-corrected chi connectivity index (χ0v) is 9.07. The second kappa shape index (κ2) is 3.50. The number of hydrogen-bond acceptors (Lipinski definition) is 3. The molecule has 78 valence electrons. The van der Waals surface area contributed by atoms with Crippen molar-refractivity contribution in [3.63, 3.8) is 0 Å². The zero-order valence-electron chi connectivity index (χ0n) is 9.07. The van der Waals surface area contributed by atoms with Crippen molar-refractivity contribution in [1.29, 1.82) is 0 Å². The highest BCUT2D eigenvalue weighted by atomic mass is 16.5. The van der Waals surface area contributed by atoms with Gasteiger partial charge in [-0.25, -0.2) is 0 Å². The lowest BCUT2D eigenvalue weighted by molar-refractivity contribution is 0.101. The lowest BCUT2D eigenvalue weighted by atomic mass is 10.0. The van der Waals surface area contributed by atoms with Crippen LogP contribution in [0.1, 0.15) is 42.7 Å². The van der Waals surface area contributed by atoms with Crippen molar-refractivity contribution in [2.75, 3.05) is 0 Å². The van der Waals surface area contributed by atoms with Crippen LogP contribution in [0.3, 0.4) is 0 Å². The normalized spacial score (nSPS) is 11.2. The lowest BCUT2D eigenvalue weighted by Gasteiger charge is -1.99. The molecule has 1 aromatic heterocycles. The van der Waals surface area contributed by atoms with Gasteiger partial charge in [0.15, 0.2) is 11.4 Å². The van der Waals surface area contributed by atoms with E-state index in [1.807, 2.05) is 6.07 Å². The Labute approximate surface area is 88.1 Å². The molecule has 0 spiro atoms. The molecule has 0 aliphatic heterocycles. The van der Waals surface area contributed by atoms with Crippen molar-refractivity contribution in [2.45, 2.75) is 26.7 Å². The SMILES string of the molecule is CC(=O)c1ccc2onc(C(C)C)c2c1. The topological polar surface area (TPSA) is 43.1 Å². The average molecular weight is 203 g/mol. The minimum Gasteiger partial charge on any atom is -0.356 e. The molecule has 0 aliphatic carbocycles. The van der Waals surface area contributed by atoms with Gasteiger partial charge in [0.2, 0.25) is 0 Å². The van der Waals surface area contributed by atoms with Crippen LogP contribution in [-0.2, 0) is 0 Å². The van der Waals surface area contributed by atoms with Gasteiger partial charge < -0.3 is 4.52 Å². The third-order valence-corrected chi connectivity index (χ3v) is 2.45. The molecule has 15 heavy (non-hydrogen) atoms. The molecule has 3 heteroatoms. The standard InChI is InChI=1S/C12H13NO2/c1-7(2)12-10-6-9(8(3)14)4-5-11(10)15-13-12/h4-7H,1-3H3. The van der Waals surface area contributed by atoms with E-state index in [1.54, 1.807) is 19.1 Å². The lowest BCUT2D eigenvalue weighted by Crippen LogP contribution is -1.92. The summed E-state index contributed by atoms with van der Waals surface area (Å²) in [7, 11) is 0. The first-order valence-electron chi connectivity index (χ1n) is 5.00. The van der Waals surface area contributed by atoms with Gasteiger partial charge in [0.25, 0.3) is 0 Å². The molecule has 0 bridgehead atoms. The number of rotatable bonds is 2. The van der Waals surface area contributed by atoms with Crippen LogP contribution < -0.4 is 0 Å². The molecule has 0 radical (unpaired) electrons. The van der Waals surface area contributed by atoms with Crippen molar-refractivity contribution in [2.24, 2.45) is 0 Å². The van der Waals surface area contributed by atoms with E-state index >= 15 is 0 Å². The molecule has 0 fully saturated rings. The molecular weight excluding hydrogens is 190 g/mol. The van der Waals surface area contributed by atoms with Gasteiger partial charge in [0, 0.05) is 10.9 Å².